The molecule has 0 spiro atoms. The summed E-state index contributed by atoms with van der Waals surface area (Å²) in [6.07, 6.45) is 0.522. The first-order valence-electron chi connectivity index (χ1n) is 19.6. The summed E-state index contributed by atoms with van der Waals surface area (Å²) >= 11 is 1.39. The van der Waals surface area contributed by atoms with Crippen LogP contribution in [0.4, 0.5) is 0 Å². The maximum Gasteiger partial charge on any atom is 0.329 e. The molecule has 4 atom stereocenters. The number of ether oxygens (including phenoxy) is 2. The van der Waals surface area contributed by atoms with Crippen molar-refractivity contribution < 1.29 is 33.4 Å². The Morgan fingerprint density at radius 3 is 1.69 bits per heavy atom. The van der Waals surface area contributed by atoms with E-state index in [-0.39, 0.29) is 43.0 Å². The molecule has 11 heteroatoms. The summed E-state index contributed by atoms with van der Waals surface area (Å²) in [7, 11) is 0. The zero-order chi connectivity index (χ0) is 41.2. The zero-order valence-electron chi connectivity index (χ0n) is 32.4. The third-order valence-electron chi connectivity index (χ3n) is 10.6. The number of esters is 2. The number of fused-ring (bicyclic) bond motifs is 1. The number of hydrogen-bond donors (Lipinski definition) is 2. The number of carbonyl (C=O) groups is 5. The molecule has 3 unspecified atom stereocenters. The van der Waals surface area contributed by atoms with Crippen LogP contribution < -0.4 is 10.6 Å². The molecule has 0 radical (unpaired) electrons. The third-order valence-corrected chi connectivity index (χ3v) is 12.2. The van der Waals surface area contributed by atoms with Crippen molar-refractivity contribution in [1.82, 2.24) is 15.5 Å². The first kappa shape index (κ1) is 40.7. The maximum absolute atomic E-state index is 13.9. The van der Waals surface area contributed by atoms with Crippen molar-refractivity contribution in [2.45, 2.75) is 48.9 Å². The molecule has 0 bridgehead atoms. The van der Waals surface area contributed by atoms with Crippen LogP contribution in [0, 0.1) is 5.41 Å². The average molecular weight is 808 g/mol. The van der Waals surface area contributed by atoms with Crippen molar-refractivity contribution in [1.29, 1.82) is 0 Å². The van der Waals surface area contributed by atoms with Gasteiger partial charge in [0.05, 0.1) is 0 Å². The Hall–Kier alpha value is -6.46. The van der Waals surface area contributed by atoms with E-state index in [0.29, 0.717) is 11.3 Å². The van der Waals surface area contributed by atoms with Gasteiger partial charge in [0.2, 0.25) is 11.8 Å². The van der Waals surface area contributed by atoms with Crippen LogP contribution in [0.3, 0.4) is 0 Å². The lowest BCUT2D eigenvalue weighted by atomic mass is 9.87. The minimum atomic E-state index is -1.15. The Bertz CT molecular complexity index is 2170. The number of benzene rings is 5. The van der Waals surface area contributed by atoms with Gasteiger partial charge in [0.15, 0.2) is 12.2 Å². The molecular formula is C48H45N3O7S. The van der Waals surface area contributed by atoms with Crippen molar-refractivity contribution in [3.63, 3.8) is 0 Å². The lowest BCUT2D eigenvalue weighted by Crippen LogP contribution is -2.73. The van der Waals surface area contributed by atoms with Crippen LogP contribution in [0.25, 0.3) is 0 Å². The van der Waals surface area contributed by atoms with Crippen molar-refractivity contribution in [3.05, 3.63) is 192 Å². The predicted molar refractivity (Wildman–Crippen MR) is 226 cm³/mol. The molecule has 2 N–H and O–H groups in total. The van der Waals surface area contributed by atoms with Crippen molar-refractivity contribution in [3.8, 4) is 0 Å². The summed E-state index contributed by atoms with van der Waals surface area (Å²) in [4.78, 5) is 69.5. The topological polar surface area (TPSA) is 131 Å². The number of nitrogens with one attached hydrogen (secondary N) is 2. The molecule has 2 heterocycles. The van der Waals surface area contributed by atoms with E-state index in [9.17, 15) is 24.0 Å². The van der Waals surface area contributed by atoms with Gasteiger partial charge < -0.3 is 25.0 Å². The summed E-state index contributed by atoms with van der Waals surface area (Å²) < 4.78 is 12.3. The van der Waals surface area contributed by atoms with Crippen molar-refractivity contribution in [2.24, 2.45) is 5.41 Å². The lowest BCUT2D eigenvalue weighted by Gasteiger charge is -2.53. The van der Waals surface area contributed by atoms with Crippen LogP contribution in [-0.4, -0.2) is 64.3 Å². The van der Waals surface area contributed by atoms with Gasteiger partial charge in [0.1, 0.15) is 22.9 Å². The lowest BCUT2D eigenvalue weighted by molar-refractivity contribution is -0.162. The monoisotopic (exact) mass is 807 g/mol. The number of nitrogens with zero attached hydrogens (tertiary/aromatic N) is 1. The van der Waals surface area contributed by atoms with Gasteiger partial charge in [-0.15, -0.1) is 18.3 Å². The first-order chi connectivity index (χ1) is 28.8. The minimum absolute atomic E-state index is 0.00374. The van der Waals surface area contributed by atoms with Gasteiger partial charge in [-0.05, 0) is 47.2 Å². The second-order valence-corrected chi connectivity index (χ2v) is 15.7. The summed E-state index contributed by atoms with van der Waals surface area (Å²) in [6.45, 7) is 4.04. The molecule has 10 nitrogen and oxygen atoms in total. The van der Waals surface area contributed by atoms with E-state index in [1.165, 1.54) is 11.8 Å². The maximum atomic E-state index is 13.9. The van der Waals surface area contributed by atoms with E-state index in [2.05, 4.69) is 17.2 Å². The Balaban J connectivity index is 0.969. The van der Waals surface area contributed by atoms with Crippen LogP contribution in [0.2, 0.25) is 0 Å². The summed E-state index contributed by atoms with van der Waals surface area (Å²) in [5.41, 5.74) is 2.41. The molecule has 2 aliphatic rings. The fourth-order valence-corrected chi connectivity index (χ4v) is 8.84. The smallest absolute Gasteiger partial charge is 0.329 e. The second-order valence-electron chi connectivity index (χ2n) is 14.6. The summed E-state index contributed by atoms with van der Waals surface area (Å²) in [6, 6.07) is 44.4. The normalized spacial score (nSPS) is 18.8. The fourth-order valence-electron chi connectivity index (χ4n) is 7.31. The average Bonchev–Trinajstić information content (AvgIpc) is 3.29. The van der Waals surface area contributed by atoms with Gasteiger partial charge >= 0.3 is 11.9 Å². The number of hydrogen-bond acceptors (Lipinski definition) is 8. The predicted octanol–water partition coefficient (Wildman–Crippen LogP) is 7.19. The highest BCUT2D eigenvalue weighted by Crippen LogP contribution is 2.44. The molecule has 59 heavy (non-hydrogen) atoms. The summed E-state index contributed by atoms with van der Waals surface area (Å²) in [5.74, 6) is -1.93. The SMILES string of the molecule is C=CC1(C(=O)OC(c2ccccc2)c2ccccc2)CS[C@@H]2C(NC(=O)CCCC(NC(=O)c3ccccc3)C(=O)OC(c3ccccc3)c3ccccc3)C(=O)N2C1. The minimum Gasteiger partial charge on any atom is -0.452 e. The molecule has 5 aromatic carbocycles. The van der Waals surface area contributed by atoms with Gasteiger partial charge in [-0.1, -0.05) is 146 Å². The van der Waals surface area contributed by atoms with Gasteiger partial charge in [0.25, 0.3) is 5.91 Å². The molecular weight excluding hydrogens is 763 g/mol. The Morgan fingerprint density at radius 1 is 0.729 bits per heavy atom. The molecule has 2 fully saturated rings. The third kappa shape index (κ3) is 9.48. The Kier molecular flexibility index (Phi) is 13.0. The molecule has 3 amide bonds. The van der Waals surface area contributed by atoms with E-state index in [1.807, 2.05) is 121 Å². The van der Waals surface area contributed by atoms with Gasteiger partial charge in [-0.25, -0.2) is 4.79 Å². The number of amides is 3. The summed E-state index contributed by atoms with van der Waals surface area (Å²) in [5, 5.41) is 5.31. The van der Waals surface area contributed by atoms with Crippen molar-refractivity contribution in [2.75, 3.05) is 12.3 Å². The molecule has 0 aromatic heterocycles. The van der Waals surface area contributed by atoms with Crippen LogP contribution in [0.15, 0.2) is 164 Å². The molecule has 5 aromatic rings. The molecule has 0 saturated carbocycles. The quantitative estimate of drug-likeness (QED) is 0.0609. The highest BCUT2D eigenvalue weighted by Gasteiger charge is 2.57. The molecule has 2 aliphatic heterocycles. The van der Waals surface area contributed by atoms with Crippen LogP contribution in [0.5, 0.6) is 0 Å². The van der Waals surface area contributed by atoms with E-state index < -0.39 is 47.6 Å². The molecule has 300 valence electrons. The number of thioether (sulfide) groups is 1. The standard InChI is InChI=1S/C48H45N3O7S/c1-2-48(47(56)58-42(35-23-12-5-13-24-35)36-25-14-6-15-26-36)31-51-44(54)40(45(51)59-32-48)50-39(52)30-18-29-38(49-43(53)37-27-16-7-17-28-37)46(55)57-41(33-19-8-3-9-20-33)34-21-10-4-11-22-34/h2-17,19-28,38,40-42,45H,1,18,29-32H2,(H,49,53)(H,50,52)/t38?,40?,45-,48?/m1/s1. The van der Waals surface area contributed by atoms with Gasteiger partial charge in [-0.2, -0.15) is 0 Å². The highest BCUT2D eigenvalue weighted by molar-refractivity contribution is 8.00. The fraction of sp³-hybridized carbons (Fsp3) is 0.229. The van der Waals surface area contributed by atoms with Crippen LogP contribution in [0.1, 0.15) is 64.1 Å². The first-order valence-corrected chi connectivity index (χ1v) is 20.6. The van der Waals surface area contributed by atoms with Crippen LogP contribution >= 0.6 is 11.8 Å². The van der Waals surface area contributed by atoms with Gasteiger partial charge in [0, 0.05) is 24.3 Å². The number of rotatable bonds is 16. The highest BCUT2D eigenvalue weighted by atomic mass is 32.2. The molecule has 7 rings (SSSR count). The van der Waals surface area contributed by atoms with Crippen LogP contribution in [-0.2, 0) is 28.7 Å². The number of carbonyl (C=O) groups excluding carboxylic acids is 5. The van der Waals surface area contributed by atoms with E-state index in [4.69, 9.17) is 9.47 Å². The second kappa shape index (κ2) is 18.9. The van der Waals surface area contributed by atoms with Crippen molar-refractivity contribution >= 4 is 41.4 Å². The van der Waals surface area contributed by atoms with E-state index >= 15 is 0 Å². The zero-order valence-corrected chi connectivity index (χ0v) is 33.2. The molecule has 2 saturated heterocycles. The number of β-lactam (4-membered cyclic amide) rings is 1. The van der Waals surface area contributed by atoms with Gasteiger partial charge in [-0.3, -0.25) is 19.2 Å². The largest absolute Gasteiger partial charge is 0.452 e. The Morgan fingerprint density at radius 2 is 1.20 bits per heavy atom. The van der Waals surface area contributed by atoms with E-state index in [0.717, 1.165) is 22.3 Å². The van der Waals surface area contributed by atoms with E-state index in [1.54, 1.807) is 41.3 Å². The Labute approximate surface area is 348 Å². The molecule has 0 aliphatic carbocycles.